The molecule has 1 atom stereocenters. The average molecular weight is 397 g/mol. The van der Waals surface area contributed by atoms with Crippen LogP contribution in [-0.2, 0) is 16.4 Å². The van der Waals surface area contributed by atoms with Crippen molar-refractivity contribution < 1.29 is 17.6 Å². The van der Waals surface area contributed by atoms with E-state index >= 15 is 0 Å². The van der Waals surface area contributed by atoms with E-state index < -0.39 is 21.9 Å². The number of rotatable bonds is 4. The van der Waals surface area contributed by atoms with Crippen molar-refractivity contribution in [2.75, 3.05) is 16.8 Å². The largest absolute Gasteiger partial charge is 0.322 e. The Labute approximate surface area is 156 Å². The van der Waals surface area contributed by atoms with Gasteiger partial charge in [0.05, 0.1) is 11.5 Å². The second-order valence-corrected chi connectivity index (χ2v) is 8.91. The quantitative estimate of drug-likeness (QED) is 0.856. The minimum Gasteiger partial charge on any atom is -0.316 e. The van der Waals surface area contributed by atoms with Gasteiger partial charge in [-0.15, -0.1) is 0 Å². The number of benzene rings is 2. The summed E-state index contributed by atoms with van der Waals surface area (Å²) in [6.07, 6.45) is 0.386. The van der Waals surface area contributed by atoms with Crippen molar-refractivity contribution in [1.82, 2.24) is 4.90 Å². The number of nitrogens with zero attached hydrogens (tertiary/aromatic N) is 1. The van der Waals surface area contributed by atoms with Crippen LogP contribution in [0.25, 0.3) is 0 Å². The molecule has 2 amide bonds. The number of sulfone groups is 1. The lowest BCUT2D eigenvalue weighted by atomic mass is 10.1. The van der Waals surface area contributed by atoms with Gasteiger partial charge < -0.3 is 10.2 Å². The first-order valence-corrected chi connectivity index (χ1v) is 10.3. The molecule has 1 aliphatic heterocycles. The number of hydrogen-bond acceptors (Lipinski definition) is 3. The lowest BCUT2D eigenvalue weighted by molar-refractivity contribution is 0.190. The Balaban J connectivity index is 1.80. The van der Waals surface area contributed by atoms with Gasteiger partial charge in [-0.2, -0.15) is 0 Å². The third kappa shape index (κ3) is 4.74. The fourth-order valence-electron chi connectivity index (χ4n) is 2.90. The van der Waals surface area contributed by atoms with E-state index in [1.54, 1.807) is 36.4 Å². The lowest BCUT2D eigenvalue weighted by Gasteiger charge is -2.28. The SMILES string of the molecule is O=C(Nc1ccc(Cl)cc1)N(Cc1ccc(F)cc1)[C@@H]1CCS(=O)(=O)C1. The van der Waals surface area contributed by atoms with E-state index in [0.717, 1.165) is 5.56 Å². The van der Waals surface area contributed by atoms with Gasteiger partial charge in [-0.25, -0.2) is 17.6 Å². The molecule has 1 N–H and O–H groups in total. The first-order valence-electron chi connectivity index (χ1n) is 8.10. The van der Waals surface area contributed by atoms with Gasteiger partial charge in [-0.3, -0.25) is 0 Å². The van der Waals surface area contributed by atoms with Gasteiger partial charge in [0.25, 0.3) is 0 Å². The molecule has 1 saturated heterocycles. The summed E-state index contributed by atoms with van der Waals surface area (Å²) in [5.74, 6) is -0.372. The fraction of sp³-hybridized carbons (Fsp3) is 0.278. The predicted octanol–water partition coefficient (Wildman–Crippen LogP) is 3.70. The number of urea groups is 1. The average Bonchev–Trinajstić information content (AvgIpc) is 2.96. The molecular weight excluding hydrogens is 379 g/mol. The molecule has 0 radical (unpaired) electrons. The number of halogens is 2. The molecular formula is C18H18ClFN2O3S. The van der Waals surface area contributed by atoms with Gasteiger partial charge >= 0.3 is 6.03 Å². The van der Waals surface area contributed by atoms with E-state index in [1.807, 2.05) is 0 Å². The highest BCUT2D eigenvalue weighted by molar-refractivity contribution is 7.91. The van der Waals surface area contributed by atoms with Gasteiger partial charge in [0.2, 0.25) is 0 Å². The molecule has 0 aliphatic carbocycles. The van der Waals surface area contributed by atoms with Crippen molar-refractivity contribution in [2.24, 2.45) is 0 Å². The second-order valence-electron chi connectivity index (χ2n) is 6.25. The summed E-state index contributed by atoms with van der Waals surface area (Å²) in [7, 11) is -3.15. The topological polar surface area (TPSA) is 66.5 Å². The third-order valence-corrected chi connectivity index (χ3v) is 6.27. The highest BCUT2D eigenvalue weighted by Crippen LogP contribution is 2.22. The maximum absolute atomic E-state index is 13.1. The van der Waals surface area contributed by atoms with Gasteiger partial charge in [0, 0.05) is 23.3 Å². The zero-order valence-electron chi connectivity index (χ0n) is 13.9. The third-order valence-electron chi connectivity index (χ3n) is 4.27. The molecule has 1 fully saturated rings. The Morgan fingerprint density at radius 1 is 1.15 bits per heavy atom. The van der Waals surface area contributed by atoms with E-state index in [1.165, 1.54) is 17.0 Å². The molecule has 138 valence electrons. The summed E-state index contributed by atoms with van der Waals surface area (Å²) in [4.78, 5) is 14.3. The zero-order chi connectivity index (χ0) is 18.7. The van der Waals surface area contributed by atoms with Crippen LogP contribution in [-0.4, -0.2) is 36.9 Å². The van der Waals surface area contributed by atoms with Crippen LogP contribution in [0.15, 0.2) is 48.5 Å². The summed E-state index contributed by atoms with van der Waals surface area (Å²) in [5.41, 5.74) is 1.28. The molecule has 0 spiro atoms. The molecule has 2 aromatic rings. The fourth-order valence-corrected chi connectivity index (χ4v) is 4.76. The monoisotopic (exact) mass is 396 g/mol. The molecule has 0 saturated carbocycles. The van der Waals surface area contributed by atoms with Crippen LogP contribution in [0.5, 0.6) is 0 Å². The minimum atomic E-state index is -3.15. The molecule has 1 heterocycles. The first-order chi connectivity index (χ1) is 12.3. The van der Waals surface area contributed by atoms with Gasteiger partial charge in [-0.1, -0.05) is 23.7 Å². The summed E-state index contributed by atoms with van der Waals surface area (Å²) < 4.78 is 36.8. The molecule has 2 aromatic carbocycles. The Bertz CT molecular complexity index is 886. The van der Waals surface area contributed by atoms with Crippen LogP contribution in [0, 0.1) is 5.82 Å². The van der Waals surface area contributed by atoms with Crippen LogP contribution in [0.3, 0.4) is 0 Å². The van der Waals surface area contributed by atoms with Crippen molar-refractivity contribution in [1.29, 1.82) is 0 Å². The summed E-state index contributed by atoms with van der Waals surface area (Å²) in [5, 5.41) is 3.31. The molecule has 0 unspecified atom stereocenters. The molecule has 1 aliphatic rings. The van der Waals surface area contributed by atoms with Crippen molar-refractivity contribution in [3.05, 3.63) is 64.9 Å². The van der Waals surface area contributed by atoms with Crippen molar-refractivity contribution in [2.45, 2.75) is 19.0 Å². The Morgan fingerprint density at radius 2 is 1.81 bits per heavy atom. The van der Waals surface area contributed by atoms with E-state index in [0.29, 0.717) is 17.1 Å². The standard InChI is InChI=1S/C18H18ClFN2O3S/c19-14-3-7-16(8-4-14)21-18(23)22(17-9-10-26(24,25)12-17)11-13-1-5-15(20)6-2-13/h1-8,17H,9-12H2,(H,21,23)/t17-/m1/s1. The highest BCUT2D eigenvalue weighted by Gasteiger charge is 2.34. The van der Waals surface area contributed by atoms with E-state index in [-0.39, 0.29) is 23.9 Å². The number of hydrogen-bond donors (Lipinski definition) is 1. The number of carbonyl (C=O) groups is 1. The predicted molar refractivity (Wildman–Crippen MR) is 99.5 cm³/mol. The summed E-state index contributed by atoms with van der Waals surface area (Å²) >= 11 is 5.85. The zero-order valence-corrected chi connectivity index (χ0v) is 15.4. The second kappa shape index (κ2) is 7.63. The Morgan fingerprint density at radius 3 is 2.38 bits per heavy atom. The van der Waals surface area contributed by atoms with Gasteiger partial charge in [0.1, 0.15) is 5.82 Å². The van der Waals surface area contributed by atoms with Crippen LogP contribution in [0.2, 0.25) is 5.02 Å². The van der Waals surface area contributed by atoms with Crippen molar-refractivity contribution in [3.63, 3.8) is 0 Å². The number of amides is 2. The van der Waals surface area contributed by atoms with Gasteiger partial charge in [-0.05, 0) is 48.4 Å². The normalized spacial score (nSPS) is 18.5. The lowest BCUT2D eigenvalue weighted by Crippen LogP contribution is -2.43. The molecule has 3 rings (SSSR count). The molecule has 26 heavy (non-hydrogen) atoms. The van der Waals surface area contributed by atoms with Crippen LogP contribution in [0.4, 0.5) is 14.9 Å². The highest BCUT2D eigenvalue weighted by atomic mass is 35.5. The van der Waals surface area contributed by atoms with Crippen LogP contribution >= 0.6 is 11.6 Å². The van der Waals surface area contributed by atoms with Crippen LogP contribution in [0.1, 0.15) is 12.0 Å². The van der Waals surface area contributed by atoms with Gasteiger partial charge in [0.15, 0.2) is 9.84 Å². The minimum absolute atomic E-state index is 0.0613. The summed E-state index contributed by atoms with van der Waals surface area (Å²) in [6.45, 7) is 0.194. The molecule has 0 bridgehead atoms. The number of carbonyl (C=O) groups excluding carboxylic acids is 1. The number of nitrogens with one attached hydrogen (secondary N) is 1. The maximum Gasteiger partial charge on any atom is 0.322 e. The maximum atomic E-state index is 13.1. The molecule has 8 heteroatoms. The van der Waals surface area contributed by atoms with E-state index in [2.05, 4.69) is 5.32 Å². The van der Waals surface area contributed by atoms with Crippen LogP contribution < -0.4 is 5.32 Å². The van der Waals surface area contributed by atoms with E-state index in [4.69, 9.17) is 11.6 Å². The number of anilines is 1. The Kier molecular flexibility index (Phi) is 5.48. The smallest absolute Gasteiger partial charge is 0.316 e. The molecule has 5 nitrogen and oxygen atoms in total. The first kappa shape index (κ1) is 18.7. The van der Waals surface area contributed by atoms with E-state index in [9.17, 15) is 17.6 Å². The summed E-state index contributed by atoms with van der Waals surface area (Å²) in [6, 6.07) is 11.6. The van der Waals surface area contributed by atoms with Crippen molar-refractivity contribution in [3.8, 4) is 0 Å². The van der Waals surface area contributed by atoms with Crippen molar-refractivity contribution >= 4 is 33.2 Å². The Hall–Kier alpha value is -2.12. The molecule has 0 aromatic heterocycles.